The van der Waals surface area contributed by atoms with Crippen LogP contribution in [0, 0.1) is 0 Å². The van der Waals surface area contributed by atoms with Gasteiger partial charge in [0.1, 0.15) is 11.5 Å². The summed E-state index contributed by atoms with van der Waals surface area (Å²) in [4.78, 5) is 11.4. The second-order valence-corrected chi connectivity index (χ2v) is 17.3. The van der Waals surface area contributed by atoms with E-state index >= 15 is 0 Å². The highest BCUT2D eigenvalue weighted by Gasteiger charge is 2.32. The van der Waals surface area contributed by atoms with Crippen LogP contribution in [-0.2, 0) is 52.6 Å². The number of carbonyl (C=O) groups is 1. The molecular formula is C46H35F9N2O4S2. The lowest BCUT2D eigenvalue weighted by molar-refractivity contribution is -0.138. The number of hydrogen-bond donors (Lipinski definition) is 2. The maximum Gasteiger partial charge on any atom is 0.416 e. The molecule has 0 radical (unpaired) electrons. The Balaban J connectivity index is 0.000000142. The van der Waals surface area contributed by atoms with E-state index in [4.69, 9.17) is 4.74 Å². The van der Waals surface area contributed by atoms with Crippen LogP contribution in [0.25, 0.3) is 33.4 Å². The highest BCUT2D eigenvalue weighted by molar-refractivity contribution is 8.00. The summed E-state index contributed by atoms with van der Waals surface area (Å²) in [5.41, 5.74) is 7.38. The van der Waals surface area contributed by atoms with Crippen molar-refractivity contribution in [1.29, 1.82) is 0 Å². The summed E-state index contributed by atoms with van der Waals surface area (Å²) in [7, 11) is -3.49. The third-order valence-electron chi connectivity index (χ3n) is 10.3. The summed E-state index contributed by atoms with van der Waals surface area (Å²) in [6, 6.07) is 31.6. The van der Waals surface area contributed by atoms with Gasteiger partial charge in [-0.05, 0) is 124 Å². The molecule has 0 spiro atoms. The lowest BCUT2D eigenvalue weighted by Gasteiger charge is -2.20. The molecule has 0 unspecified atom stereocenters. The van der Waals surface area contributed by atoms with Gasteiger partial charge in [0.05, 0.1) is 22.4 Å². The van der Waals surface area contributed by atoms with Crippen molar-refractivity contribution in [3.05, 3.63) is 161 Å². The lowest BCUT2D eigenvalue weighted by Crippen LogP contribution is -2.25. The molecule has 0 atom stereocenters. The molecule has 2 N–H and O–H groups in total. The van der Waals surface area contributed by atoms with Gasteiger partial charge in [0, 0.05) is 24.3 Å². The first kappa shape index (κ1) is 45.1. The number of rotatable bonds is 3. The van der Waals surface area contributed by atoms with Gasteiger partial charge in [-0.15, -0.1) is 0 Å². The van der Waals surface area contributed by atoms with Crippen LogP contribution in [0.4, 0.5) is 50.9 Å². The molecule has 0 aromatic heterocycles. The quantitative estimate of drug-likeness (QED) is 0.136. The first-order valence-electron chi connectivity index (χ1n) is 19.2. The van der Waals surface area contributed by atoms with E-state index in [0.29, 0.717) is 41.8 Å². The van der Waals surface area contributed by atoms with Crippen molar-refractivity contribution in [3.8, 4) is 39.1 Å². The largest absolute Gasteiger partial charge is 0.474 e. The third kappa shape index (κ3) is 11.4. The van der Waals surface area contributed by atoms with Crippen molar-refractivity contribution in [2.24, 2.45) is 0 Å². The molecule has 0 saturated heterocycles. The van der Waals surface area contributed by atoms with Crippen molar-refractivity contribution in [2.75, 3.05) is 21.1 Å². The van der Waals surface area contributed by atoms with Gasteiger partial charge < -0.3 is 9.46 Å². The molecule has 328 valence electrons. The van der Waals surface area contributed by atoms with Crippen LogP contribution in [0.15, 0.2) is 127 Å². The molecule has 3 aliphatic rings. The number of carbonyl (C=O) groups excluding carboxylic acids is 1. The molecule has 63 heavy (non-hydrogen) atoms. The monoisotopic (exact) mass is 914 g/mol. The van der Waals surface area contributed by atoms with Gasteiger partial charge in [0.2, 0.25) is 5.94 Å². The second-order valence-electron chi connectivity index (χ2n) is 14.7. The number of halogens is 9. The molecule has 6 nitrogen and oxygen atoms in total. The zero-order chi connectivity index (χ0) is 45.2. The molecule has 0 bridgehead atoms. The van der Waals surface area contributed by atoms with Gasteiger partial charge in [-0.25, -0.2) is 8.42 Å². The number of fused-ring (bicyclic) bond motifs is 3. The number of aryl methyl sites for hydroxylation is 2. The Morgan fingerprint density at radius 3 is 1.44 bits per heavy atom. The average molecular weight is 915 g/mol. The van der Waals surface area contributed by atoms with E-state index in [1.165, 1.54) is 48.0 Å². The Labute approximate surface area is 360 Å². The summed E-state index contributed by atoms with van der Waals surface area (Å²) in [6.07, 6.45) is -10.3. The first-order chi connectivity index (χ1) is 29.7. The summed E-state index contributed by atoms with van der Waals surface area (Å²) in [5, 5.41) is 0. The van der Waals surface area contributed by atoms with E-state index in [0.717, 1.165) is 87.6 Å². The molecular weight excluding hydrogens is 880 g/mol. The number of benzene rings is 6. The van der Waals surface area contributed by atoms with Crippen LogP contribution < -0.4 is 14.2 Å². The fourth-order valence-electron chi connectivity index (χ4n) is 6.95. The van der Waals surface area contributed by atoms with E-state index in [9.17, 15) is 52.7 Å². The van der Waals surface area contributed by atoms with Crippen LogP contribution in [0.1, 0.15) is 39.8 Å². The third-order valence-corrected chi connectivity index (χ3v) is 12.0. The zero-order valence-corrected chi connectivity index (χ0v) is 34.4. The zero-order valence-electron chi connectivity index (χ0n) is 32.7. The molecule has 1 aliphatic carbocycles. The summed E-state index contributed by atoms with van der Waals surface area (Å²) < 4.78 is 146. The predicted molar refractivity (Wildman–Crippen MR) is 225 cm³/mol. The molecule has 2 heterocycles. The van der Waals surface area contributed by atoms with Gasteiger partial charge in [0.15, 0.2) is 0 Å². The van der Waals surface area contributed by atoms with Crippen LogP contribution in [0.5, 0.6) is 5.75 Å². The Morgan fingerprint density at radius 1 is 0.492 bits per heavy atom. The number of anilines is 2. The Morgan fingerprint density at radius 2 is 0.937 bits per heavy atom. The maximum absolute atomic E-state index is 12.6. The normalized spacial score (nSPS) is 15.3. The minimum absolute atomic E-state index is 0.241. The molecule has 17 heteroatoms. The van der Waals surface area contributed by atoms with E-state index < -0.39 is 51.2 Å². The Kier molecular flexibility index (Phi) is 12.9. The van der Waals surface area contributed by atoms with Crippen LogP contribution in [0.2, 0.25) is 0 Å². The highest BCUT2D eigenvalue weighted by Crippen LogP contribution is 2.37. The lowest BCUT2D eigenvalue weighted by atomic mass is 9.88. The standard InChI is InChI=1S/C17H13F3O.C15H12F3NS.C14H10F3NO3S/c18-17(19,20)15-6-3-11(4-7-15)12-1-2-14-10-16(21)8-5-13(14)9-12;16-15(17,18)13-4-1-10(2-5-13)11-3-6-14-12(9-11)7-8-20-19-14;15-14(16,17)11-4-1-9(2-5-11)10-3-6-12-13(7-10)21-8-22(19,20)18-12/h1-4,6-7,9H,5,8,10H2;1-6,9,19H,7-8H2;1-7,18H,8H2. The SMILES string of the molecule is FC(F)(F)c1ccc(-c2ccc3c(c2)CCSN3)cc1.O=C1CCc2cc(-c3ccc(C(F)(F)F)cc3)ccc2C1.O=S1(=O)COc2cc(-c3ccc(C(F)(F)F)cc3)ccc2N1. The van der Waals surface area contributed by atoms with Gasteiger partial charge in [-0.1, -0.05) is 78.7 Å². The topological polar surface area (TPSA) is 84.5 Å². The molecule has 0 saturated carbocycles. The van der Waals surface area contributed by atoms with Gasteiger partial charge in [-0.3, -0.25) is 9.52 Å². The van der Waals surface area contributed by atoms with Crippen molar-refractivity contribution in [3.63, 3.8) is 0 Å². The van der Waals surface area contributed by atoms with Crippen molar-refractivity contribution < 1.29 is 57.5 Å². The molecule has 9 rings (SSSR count). The number of sulfonamides is 1. The Bertz CT molecular complexity index is 2720. The minimum Gasteiger partial charge on any atom is -0.474 e. The van der Waals surface area contributed by atoms with Gasteiger partial charge in [0.25, 0.3) is 10.0 Å². The number of Topliss-reactive ketones (excluding diaryl/α,β-unsaturated/α-hetero) is 1. The minimum atomic E-state index is -4.38. The fourth-order valence-corrected chi connectivity index (χ4v) is 8.58. The van der Waals surface area contributed by atoms with Crippen molar-refractivity contribution in [1.82, 2.24) is 0 Å². The average Bonchev–Trinajstić information content (AvgIpc) is 3.25. The summed E-state index contributed by atoms with van der Waals surface area (Å²) >= 11 is 1.67. The van der Waals surface area contributed by atoms with Gasteiger partial charge in [-0.2, -0.15) is 39.5 Å². The van der Waals surface area contributed by atoms with Crippen molar-refractivity contribution in [2.45, 2.75) is 44.2 Å². The van der Waals surface area contributed by atoms with E-state index in [-0.39, 0.29) is 5.78 Å². The molecule has 2 aliphatic heterocycles. The van der Waals surface area contributed by atoms with Crippen LogP contribution in [-0.4, -0.2) is 25.9 Å². The van der Waals surface area contributed by atoms with Gasteiger partial charge >= 0.3 is 18.5 Å². The Hall–Kier alpha value is -5.94. The predicted octanol–water partition coefficient (Wildman–Crippen LogP) is 12.9. The molecule has 0 fully saturated rings. The molecule has 6 aromatic carbocycles. The number of ketones is 1. The highest BCUT2D eigenvalue weighted by atomic mass is 32.2. The number of hydrogen-bond acceptors (Lipinski definition) is 6. The van der Waals surface area contributed by atoms with E-state index in [2.05, 4.69) is 9.44 Å². The smallest absolute Gasteiger partial charge is 0.416 e. The molecule has 6 aromatic rings. The fraction of sp³-hybridized carbons (Fsp3) is 0.196. The van der Waals surface area contributed by atoms with Crippen LogP contribution in [0.3, 0.4) is 0 Å². The number of alkyl halides is 9. The summed E-state index contributed by atoms with van der Waals surface area (Å²) in [5.74, 6) is 1.09. The number of ether oxygens (including phenoxy) is 1. The first-order valence-corrected chi connectivity index (χ1v) is 21.8. The second kappa shape index (κ2) is 18.0. The van der Waals surface area contributed by atoms with E-state index in [1.807, 2.05) is 36.4 Å². The maximum atomic E-state index is 12.6. The van der Waals surface area contributed by atoms with Crippen molar-refractivity contribution >= 4 is 39.1 Å². The van der Waals surface area contributed by atoms with Crippen LogP contribution >= 0.6 is 11.9 Å². The summed E-state index contributed by atoms with van der Waals surface area (Å²) in [6.45, 7) is 0. The molecule has 0 amide bonds. The number of nitrogens with one attached hydrogen (secondary N) is 2. The van der Waals surface area contributed by atoms with E-state index in [1.54, 1.807) is 24.1 Å².